The van der Waals surface area contributed by atoms with E-state index in [0.29, 0.717) is 11.3 Å². The maximum absolute atomic E-state index is 10.3. The maximum Gasteiger partial charge on any atom is 0.146 e. The largest absolute Gasteiger partial charge is 0.507 e. The fourth-order valence-electron chi connectivity index (χ4n) is 3.47. The fourth-order valence-corrected chi connectivity index (χ4v) is 3.47. The second-order valence-electron chi connectivity index (χ2n) is 5.96. The summed E-state index contributed by atoms with van der Waals surface area (Å²) < 4.78 is 6.25. The first-order valence-corrected chi connectivity index (χ1v) is 7.94. The molecule has 0 fully saturated rings. The molecule has 114 valence electrons. The molecule has 1 N–H and O–H groups in total. The van der Waals surface area contributed by atoms with Gasteiger partial charge in [-0.1, -0.05) is 54.6 Å². The van der Waals surface area contributed by atoms with Gasteiger partial charge in [-0.05, 0) is 40.6 Å². The summed E-state index contributed by atoms with van der Waals surface area (Å²) in [5.41, 5.74) is 3.73. The second-order valence-corrected chi connectivity index (χ2v) is 5.96. The third-order valence-electron chi connectivity index (χ3n) is 4.56. The summed E-state index contributed by atoms with van der Waals surface area (Å²) in [6.07, 6.45) is 0. The molecule has 2 aliphatic rings. The van der Waals surface area contributed by atoms with E-state index in [2.05, 4.69) is 24.3 Å². The zero-order valence-corrected chi connectivity index (χ0v) is 12.9. The van der Waals surface area contributed by atoms with Gasteiger partial charge in [0.2, 0.25) is 0 Å². The van der Waals surface area contributed by atoms with Gasteiger partial charge < -0.3 is 9.52 Å². The maximum atomic E-state index is 10.3. The molecule has 0 spiro atoms. The van der Waals surface area contributed by atoms with Crippen molar-refractivity contribution in [2.45, 2.75) is 0 Å². The Bertz CT molecular complexity index is 1170. The molecule has 0 bridgehead atoms. The average Bonchev–Trinajstić information content (AvgIpc) is 3.01. The van der Waals surface area contributed by atoms with E-state index in [4.69, 9.17) is 4.42 Å². The Morgan fingerprint density at radius 3 is 2.25 bits per heavy atom. The molecule has 0 aromatic heterocycles. The van der Waals surface area contributed by atoms with E-state index in [1.54, 1.807) is 6.07 Å². The predicted molar refractivity (Wildman–Crippen MR) is 97.4 cm³/mol. The second kappa shape index (κ2) is 4.87. The molecule has 2 heteroatoms. The molecular weight excluding hydrogens is 296 g/mol. The van der Waals surface area contributed by atoms with Crippen LogP contribution in [0.25, 0.3) is 44.2 Å². The molecule has 5 rings (SSSR count). The van der Waals surface area contributed by atoms with Gasteiger partial charge in [-0.25, -0.2) is 0 Å². The van der Waals surface area contributed by atoms with Crippen LogP contribution < -0.4 is 0 Å². The molecule has 0 amide bonds. The molecule has 0 saturated heterocycles. The van der Waals surface area contributed by atoms with Gasteiger partial charge in [0.25, 0.3) is 0 Å². The Morgan fingerprint density at radius 2 is 1.38 bits per heavy atom. The van der Waals surface area contributed by atoms with Crippen molar-refractivity contribution >= 4 is 21.7 Å². The highest BCUT2D eigenvalue weighted by Crippen LogP contribution is 2.47. The minimum absolute atomic E-state index is 0.225. The summed E-state index contributed by atoms with van der Waals surface area (Å²) in [6.45, 7) is 0. The Balaban J connectivity index is 2.03. The monoisotopic (exact) mass is 310 g/mol. The lowest BCUT2D eigenvalue weighted by molar-refractivity contribution is 0.474. The van der Waals surface area contributed by atoms with Gasteiger partial charge in [0.15, 0.2) is 0 Å². The quantitative estimate of drug-likeness (QED) is 0.408. The summed E-state index contributed by atoms with van der Waals surface area (Å²) in [5.74, 6) is 0.936. The molecular formula is C22H14O2. The van der Waals surface area contributed by atoms with Crippen molar-refractivity contribution in [1.82, 2.24) is 0 Å². The van der Waals surface area contributed by atoms with Crippen molar-refractivity contribution in [1.29, 1.82) is 0 Å². The number of phenolic OH excluding ortho intramolecular Hbond substituents is 1. The van der Waals surface area contributed by atoms with E-state index >= 15 is 0 Å². The number of hydrogen-bond acceptors (Lipinski definition) is 2. The number of para-hydroxylation sites is 2. The van der Waals surface area contributed by atoms with Crippen molar-refractivity contribution in [3.63, 3.8) is 0 Å². The van der Waals surface area contributed by atoms with Crippen molar-refractivity contribution in [3.8, 4) is 28.2 Å². The molecule has 3 aromatic carbocycles. The minimum atomic E-state index is 0.225. The van der Waals surface area contributed by atoms with Gasteiger partial charge in [-0.15, -0.1) is 0 Å². The summed E-state index contributed by atoms with van der Waals surface area (Å²) >= 11 is 0. The van der Waals surface area contributed by atoms with E-state index in [0.717, 1.165) is 27.5 Å². The predicted octanol–water partition coefficient (Wildman–Crippen LogP) is 6.06. The normalized spacial score (nSPS) is 11.5. The van der Waals surface area contributed by atoms with E-state index in [-0.39, 0.29) is 5.75 Å². The number of aromatic hydroxyl groups is 1. The summed E-state index contributed by atoms with van der Waals surface area (Å²) in [7, 11) is 0. The Morgan fingerprint density at radius 1 is 0.667 bits per heavy atom. The van der Waals surface area contributed by atoms with Crippen LogP contribution in [0.1, 0.15) is 0 Å². The average molecular weight is 310 g/mol. The molecule has 0 atom stereocenters. The Hall–Kier alpha value is -3.26. The van der Waals surface area contributed by atoms with Crippen molar-refractivity contribution < 1.29 is 9.52 Å². The van der Waals surface area contributed by atoms with Crippen LogP contribution in [-0.2, 0) is 0 Å². The number of hydrogen-bond donors (Lipinski definition) is 1. The molecule has 0 saturated carbocycles. The van der Waals surface area contributed by atoms with Crippen LogP contribution in [0.15, 0.2) is 83.3 Å². The van der Waals surface area contributed by atoms with Gasteiger partial charge >= 0.3 is 0 Å². The molecule has 1 aliphatic heterocycles. The first-order chi connectivity index (χ1) is 11.8. The summed E-state index contributed by atoms with van der Waals surface area (Å²) in [4.78, 5) is 0. The van der Waals surface area contributed by atoms with E-state index in [1.165, 1.54) is 5.39 Å². The van der Waals surface area contributed by atoms with Crippen LogP contribution >= 0.6 is 0 Å². The number of benzene rings is 3. The van der Waals surface area contributed by atoms with E-state index < -0.39 is 0 Å². The fraction of sp³-hybridized carbons (Fsp3) is 0. The van der Waals surface area contributed by atoms with E-state index in [1.807, 2.05) is 48.5 Å². The first kappa shape index (κ1) is 13.2. The highest BCUT2D eigenvalue weighted by Gasteiger charge is 2.22. The zero-order chi connectivity index (χ0) is 16.1. The van der Waals surface area contributed by atoms with Crippen LogP contribution in [0, 0.1) is 0 Å². The van der Waals surface area contributed by atoms with Gasteiger partial charge in [0.05, 0.1) is 5.56 Å². The summed E-state index contributed by atoms with van der Waals surface area (Å²) in [6, 6.07) is 25.8. The SMILES string of the molecule is Oc1ccccc1-c1oc2ccccc2c2cc3ccccc3c1-2. The molecule has 24 heavy (non-hydrogen) atoms. The van der Waals surface area contributed by atoms with E-state index in [9.17, 15) is 5.11 Å². The molecule has 2 nitrogen and oxygen atoms in total. The molecule has 1 aliphatic carbocycles. The van der Waals surface area contributed by atoms with Gasteiger partial charge in [-0.2, -0.15) is 0 Å². The minimum Gasteiger partial charge on any atom is -0.507 e. The summed E-state index contributed by atoms with van der Waals surface area (Å²) in [5, 5.41) is 13.7. The third kappa shape index (κ3) is 1.77. The van der Waals surface area contributed by atoms with Crippen molar-refractivity contribution in [2.24, 2.45) is 0 Å². The molecule has 0 unspecified atom stereocenters. The van der Waals surface area contributed by atoms with Crippen LogP contribution in [0.4, 0.5) is 0 Å². The molecule has 1 heterocycles. The lowest BCUT2D eigenvalue weighted by Gasteiger charge is -2.13. The van der Waals surface area contributed by atoms with Crippen LogP contribution in [0.5, 0.6) is 5.75 Å². The van der Waals surface area contributed by atoms with Crippen molar-refractivity contribution in [3.05, 3.63) is 78.9 Å². The molecule has 0 radical (unpaired) electrons. The van der Waals surface area contributed by atoms with Gasteiger partial charge in [0, 0.05) is 10.9 Å². The van der Waals surface area contributed by atoms with Crippen LogP contribution in [-0.4, -0.2) is 5.11 Å². The lowest BCUT2D eigenvalue weighted by atomic mass is 9.98. The number of fused-ring (bicyclic) bond motifs is 5. The zero-order valence-electron chi connectivity index (χ0n) is 12.9. The lowest BCUT2D eigenvalue weighted by Crippen LogP contribution is -1.87. The molecule has 3 aromatic rings. The van der Waals surface area contributed by atoms with Crippen molar-refractivity contribution in [2.75, 3.05) is 0 Å². The Kier molecular flexibility index (Phi) is 2.68. The standard InChI is InChI=1S/C22H14O2/c23-19-11-5-3-10-17(19)22-21-15-8-2-1-7-14(15)13-18(21)16-9-4-6-12-20(16)24-22/h1-13,23H. The number of phenols is 1. The highest BCUT2D eigenvalue weighted by molar-refractivity contribution is 6.14. The topological polar surface area (TPSA) is 33.4 Å². The highest BCUT2D eigenvalue weighted by atomic mass is 16.3. The first-order valence-electron chi connectivity index (χ1n) is 7.94. The Labute approximate surface area is 138 Å². The van der Waals surface area contributed by atoms with Gasteiger partial charge in [-0.3, -0.25) is 0 Å². The van der Waals surface area contributed by atoms with Crippen LogP contribution in [0.2, 0.25) is 0 Å². The third-order valence-corrected chi connectivity index (χ3v) is 4.56. The van der Waals surface area contributed by atoms with Gasteiger partial charge in [0.1, 0.15) is 17.1 Å². The number of rotatable bonds is 1. The smallest absolute Gasteiger partial charge is 0.146 e. The van der Waals surface area contributed by atoms with Crippen LogP contribution in [0.3, 0.4) is 0 Å².